The lowest BCUT2D eigenvalue weighted by molar-refractivity contribution is -0.142. The highest BCUT2D eigenvalue weighted by Gasteiger charge is 2.38. The number of carboxylic acid groups (broad SMARTS) is 8. The van der Waals surface area contributed by atoms with Gasteiger partial charge in [-0.1, -0.05) is 50.6 Å². The fourth-order valence-corrected chi connectivity index (χ4v) is 8.75. The number of hydrogen-bond donors (Lipinski definition) is 21. The van der Waals surface area contributed by atoms with Gasteiger partial charge in [-0.3, -0.25) is 95.9 Å². The Kier molecular flexibility index (Phi) is 37.7. The molecule has 1 aromatic rings. The second kappa shape index (κ2) is 43.6. The summed E-state index contributed by atoms with van der Waals surface area (Å²) in [6.07, 6.45) is -12.6. The summed E-state index contributed by atoms with van der Waals surface area (Å²) in [7, 11) is 0. The molecule has 0 bridgehead atoms. The molecule has 0 aliphatic rings. The van der Waals surface area contributed by atoms with Gasteiger partial charge in [-0.25, -0.2) is 0 Å². The molecule has 99 heavy (non-hydrogen) atoms. The summed E-state index contributed by atoms with van der Waals surface area (Å²) in [5, 5.41) is 99.8. The lowest BCUT2D eigenvalue weighted by atomic mass is 9.96. The molecule has 0 saturated heterocycles. The Labute approximate surface area is 562 Å². The summed E-state index contributed by atoms with van der Waals surface area (Å²) in [4.78, 5) is 256. The molecule has 0 aromatic heterocycles. The average molecular weight is 1410 g/mol. The van der Waals surface area contributed by atoms with Crippen LogP contribution in [0.1, 0.15) is 123 Å². The van der Waals surface area contributed by atoms with Gasteiger partial charge in [0.1, 0.15) is 60.4 Å². The van der Waals surface area contributed by atoms with Crippen molar-refractivity contribution in [1.29, 1.82) is 0 Å². The molecule has 0 radical (unpaired) electrons. The van der Waals surface area contributed by atoms with Crippen molar-refractivity contribution in [2.45, 2.75) is 190 Å². The molecule has 0 saturated carbocycles. The highest BCUT2D eigenvalue weighted by molar-refractivity contribution is 6.01. The van der Waals surface area contributed by atoms with E-state index >= 15 is 0 Å². The van der Waals surface area contributed by atoms with Crippen molar-refractivity contribution in [3.8, 4) is 0 Å². The first kappa shape index (κ1) is 85.6. The van der Waals surface area contributed by atoms with Crippen LogP contribution in [0.2, 0.25) is 0 Å². The lowest BCUT2D eigenvalue weighted by Crippen LogP contribution is -2.61. The minimum absolute atomic E-state index is 0.0802. The van der Waals surface area contributed by atoms with Crippen LogP contribution in [0.5, 0.6) is 0 Å². The highest BCUT2D eigenvalue weighted by atomic mass is 16.4. The van der Waals surface area contributed by atoms with Crippen LogP contribution < -0.4 is 70.0 Å². The number of primary amides is 1. The predicted octanol–water partition coefficient (Wildman–Crippen LogP) is -6.79. The fraction of sp³-hybridized carbons (Fsp3) is 0.552. The van der Waals surface area contributed by atoms with Crippen LogP contribution in [-0.4, -0.2) is 232 Å². The first-order chi connectivity index (χ1) is 46.2. The molecular weight excluding hydrogens is 1330 g/mol. The van der Waals surface area contributed by atoms with Crippen molar-refractivity contribution in [3.05, 3.63) is 35.9 Å². The Morgan fingerprint density at radius 2 is 0.657 bits per heavy atom. The minimum Gasteiger partial charge on any atom is -0.481 e. The van der Waals surface area contributed by atoms with E-state index < -0.39 is 281 Å². The van der Waals surface area contributed by atoms with E-state index in [1.165, 1.54) is 32.9 Å². The largest absolute Gasteiger partial charge is 0.481 e. The maximum absolute atomic E-state index is 14.2. The van der Waals surface area contributed by atoms with Crippen LogP contribution in [0.4, 0.5) is 0 Å². The molecule has 12 amide bonds. The van der Waals surface area contributed by atoms with Crippen molar-refractivity contribution in [1.82, 2.24) is 58.5 Å². The zero-order valence-electron chi connectivity index (χ0n) is 53.7. The van der Waals surface area contributed by atoms with E-state index in [0.717, 1.165) is 0 Å². The van der Waals surface area contributed by atoms with E-state index in [-0.39, 0.29) is 19.3 Å². The summed E-state index contributed by atoms with van der Waals surface area (Å²) >= 11 is 0. The molecule has 0 aliphatic heterocycles. The van der Waals surface area contributed by atoms with Crippen LogP contribution in [0.3, 0.4) is 0 Å². The number of hydrogen-bond acceptors (Lipinski definition) is 21. The van der Waals surface area contributed by atoms with E-state index in [4.69, 9.17) is 16.6 Å². The molecule has 12 atom stereocenters. The molecule has 0 heterocycles. The molecule has 0 fully saturated rings. The standard InChI is InChI=1S/C58H83N13O28/c1-4-26(2)47(58(99)70-36(23-45(85)86)50(91)61-25-38(60)72)71-55(96)34(15-21-44(83)84)65-52(93)31(12-18-41(77)78)63-51(92)30(11-17-40(75)76)64-53(94)32(13-19-42(79)80)67-57(98)37(24-46(87)88)69-54(95)33(14-20-43(81)82)66-56(97)35(22-28-8-6-5-7-9-28)68-48(89)27(3)62-49(90)29(59)10-16-39(73)74/h5-9,26-27,29-37,47H,4,10-25,59H2,1-3H3,(H2,60,72)(H,61,91)(H,62,90)(H,63,92)(H,64,94)(H,65,93)(H,66,97)(H,67,98)(H,68,89)(H,69,95)(H,70,99)(H,71,96)(H,73,74)(H,75,76)(H,77,78)(H,79,80)(H,81,82)(H,83,84)(H,85,86)(H,87,88)/t26-,27-,29-,30-,31-,32-,33-,34-,35-,36-,37-,47-/m0/s1. The van der Waals surface area contributed by atoms with Gasteiger partial charge in [0.05, 0.1) is 25.4 Å². The number of benzene rings is 1. The average Bonchev–Trinajstić information content (AvgIpc) is 0.865. The summed E-state index contributed by atoms with van der Waals surface area (Å²) < 4.78 is 0. The van der Waals surface area contributed by atoms with Gasteiger partial charge >= 0.3 is 47.8 Å². The number of rotatable bonds is 49. The zero-order chi connectivity index (χ0) is 75.4. The van der Waals surface area contributed by atoms with Gasteiger partial charge < -0.3 is 111 Å². The molecule has 41 heteroatoms. The molecule has 0 spiro atoms. The predicted molar refractivity (Wildman–Crippen MR) is 330 cm³/mol. The monoisotopic (exact) mass is 1410 g/mol. The number of nitrogens with two attached hydrogens (primary N) is 2. The second-order valence-corrected chi connectivity index (χ2v) is 22.4. The molecule has 548 valence electrons. The molecule has 1 rings (SSSR count). The van der Waals surface area contributed by atoms with E-state index in [2.05, 4.69) is 42.5 Å². The molecule has 0 unspecified atom stereocenters. The zero-order valence-corrected chi connectivity index (χ0v) is 53.7. The quantitative estimate of drug-likeness (QED) is 0.0288. The topological polar surface area (TPSA) is 688 Å². The summed E-state index contributed by atoms with van der Waals surface area (Å²) in [6.45, 7) is 3.33. The second-order valence-electron chi connectivity index (χ2n) is 22.4. The number of carbonyl (C=O) groups excluding carboxylic acids is 12. The van der Waals surface area contributed by atoms with Gasteiger partial charge in [-0.2, -0.15) is 0 Å². The van der Waals surface area contributed by atoms with Crippen molar-refractivity contribution in [2.24, 2.45) is 17.4 Å². The van der Waals surface area contributed by atoms with Gasteiger partial charge in [-0.15, -0.1) is 0 Å². The van der Waals surface area contributed by atoms with Crippen molar-refractivity contribution in [3.63, 3.8) is 0 Å². The summed E-state index contributed by atoms with van der Waals surface area (Å²) in [5.74, 6) is -29.1. The van der Waals surface area contributed by atoms with Gasteiger partial charge in [-0.05, 0) is 56.9 Å². The third kappa shape index (κ3) is 34.7. The Bertz CT molecular complexity index is 3130. The normalized spacial score (nSPS) is 14.4. The number of carboxylic acids is 8. The van der Waals surface area contributed by atoms with Crippen LogP contribution in [0.15, 0.2) is 30.3 Å². The fourth-order valence-electron chi connectivity index (χ4n) is 8.75. The van der Waals surface area contributed by atoms with E-state index in [9.17, 15) is 132 Å². The highest BCUT2D eigenvalue weighted by Crippen LogP contribution is 2.14. The van der Waals surface area contributed by atoms with Gasteiger partial charge in [0.25, 0.3) is 0 Å². The van der Waals surface area contributed by atoms with E-state index in [1.807, 2.05) is 16.0 Å². The third-order valence-corrected chi connectivity index (χ3v) is 14.3. The lowest BCUT2D eigenvalue weighted by Gasteiger charge is -2.29. The maximum atomic E-state index is 14.2. The van der Waals surface area contributed by atoms with Gasteiger partial charge in [0.2, 0.25) is 70.9 Å². The Morgan fingerprint density at radius 3 is 1.00 bits per heavy atom. The van der Waals surface area contributed by atoms with Crippen molar-refractivity contribution in [2.75, 3.05) is 6.54 Å². The van der Waals surface area contributed by atoms with E-state index in [0.29, 0.717) is 5.56 Å². The summed E-state index contributed by atoms with van der Waals surface area (Å²) in [6, 6.07) is -13.0. The summed E-state index contributed by atoms with van der Waals surface area (Å²) in [5.41, 5.74) is 11.2. The molecule has 23 N–H and O–H groups in total. The number of carbonyl (C=O) groups is 20. The Morgan fingerprint density at radius 1 is 0.354 bits per heavy atom. The van der Waals surface area contributed by atoms with Crippen LogP contribution in [-0.2, 0) is 102 Å². The molecule has 41 nitrogen and oxygen atoms in total. The molecule has 0 aliphatic carbocycles. The Balaban J connectivity index is 3.75. The van der Waals surface area contributed by atoms with Crippen molar-refractivity contribution < 1.29 is 137 Å². The Hall–Kier alpha value is -11.4. The smallest absolute Gasteiger partial charge is 0.305 e. The SMILES string of the molecule is CC[C@H](C)[C@H](NC(=O)[C@H](CCC(=O)O)NC(=O)[C@H](CCC(=O)O)NC(=O)[C@H](CCC(=O)O)NC(=O)[C@H](CCC(=O)O)NC(=O)[C@H](CC(=O)O)NC(=O)[C@H](CCC(=O)O)NC(=O)[C@H](Cc1ccccc1)NC(=O)[C@H](C)NC(=O)[C@@H](N)CCC(=O)O)C(=O)N[C@@H](CC(=O)O)C(=O)NCC(N)=O. The first-order valence-electron chi connectivity index (χ1n) is 30.4. The van der Waals surface area contributed by atoms with E-state index in [1.54, 1.807) is 18.2 Å². The van der Waals surface area contributed by atoms with Gasteiger partial charge in [0.15, 0.2) is 0 Å². The van der Waals surface area contributed by atoms with Gasteiger partial charge in [0, 0.05) is 44.9 Å². The molecule has 1 aromatic carbocycles. The number of amides is 12. The first-order valence-corrected chi connectivity index (χ1v) is 30.4. The van der Waals surface area contributed by atoms with Crippen LogP contribution >= 0.6 is 0 Å². The molecular formula is C58H83N13O28. The third-order valence-electron chi connectivity index (χ3n) is 14.3. The maximum Gasteiger partial charge on any atom is 0.305 e. The minimum atomic E-state index is -2.31. The van der Waals surface area contributed by atoms with Crippen molar-refractivity contribution >= 4 is 119 Å². The number of nitrogens with one attached hydrogen (secondary N) is 11. The van der Waals surface area contributed by atoms with Crippen LogP contribution in [0.25, 0.3) is 0 Å². The van der Waals surface area contributed by atoms with Crippen LogP contribution in [0, 0.1) is 5.92 Å². The number of aliphatic carboxylic acids is 8.